The second-order valence-electron chi connectivity index (χ2n) is 11.5. The van der Waals surface area contributed by atoms with E-state index in [9.17, 15) is 27.7 Å². The zero-order valence-corrected chi connectivity index (χ0v) is 26.6. The van der Waals surface area contributed by atoms with E-state index >= 15 is 0 Å². The number of sulfonamides is 1. The van der Waals surface area contributed by atoms with Crippen molar-refractivity contribution < 1.29 is 56.4 Å². The summed E-state index contributed by atoms with van der Waals surface area (Å²) in [5, 5.41) is 14.2. The highest BCUT2D eigenvalue weighted by atomic mass is 32.2. The summed E-state index contributed by atoms with van der Waals surface area (Å²) < 4.78 is 61.3. The third-order valence-electron chi connectivity index (χ3n) is 7.40. The van der Waals surface area contributed by atoms with E-state index in [1.165, 1.54) is 36.4 Å². The van der Waals surface area contributed by atoms with Crippen LogP contribution in [-0.4, -0.2) is 97.2 Å². The Balaban J connectivity index is 1.53. The van der Waals surface area contributed by atoms with Crippen molar-refractivity contribution in [1.82, 2.24) is 9.62 Å². The van der Waals surface area contributed by atoms with Crippen LogP contribution in [0.1, 0.15) is 36.2 Å². The molecule has 248 valence electrons. The highest BCUT2D eigenvalue weighted by Crippen LogP contribution is 2.35. The minimum atomic E-state index is -4.38. The van der Waals surface area contributed by atoms with Gasteiger partial charge in [0.1, 0.15) is 18.1 Å². The number of aliphatic hydroxyl groups is 1. The molecule has 4 rings (SSSR count). The van der Waals surface area contributed by atoms with Crippen molar-refractivity contribution in [1.29, 1.82) is 0 Å². The number of nitrogens with zero attached hydrogens (tertiary/aromatic N) is 1. The van der Waals surface area contributed by atoms with Crippen molar-refractivity contribution >= 4 is 30.0 Å². The maximum atomic E-state index is 13.6. The zero-order valence-electron chi connectivity index (χ0n) is 24.9. The van der Waals surface area contributed by atoms with E-state index in [0.717, 1.165) is 4.31 Å². The largest absolute Gasteiger partial charge is 0.481 e. The molecule has 16 heteroatoms. The number of carbonyl (C=O) groups is 2. The average Bonchev–Trinajstić information content (AvgIpc) is 3.60. The Morgan fingerprint density at radius 2 is 1.80 bits per heavy atom. The Labute approximate surface area is 261 Å². The Bertz CT molecular complexity index is 1450. The van der Waals surface area contributed by atoms with Crippen LogP contribution in [0, 0.1) is 11.8 Å². The van der Waals surface area contributed by atoms with Crippen molar-refractivity contribution in [3.05, 3.63) is 59.7 Å². The van der Waals surface area contributed by atoms with Gasteiger partial charge in [-0.2, -0.15) is 4.31 Å². The zero-order chi connectivity index (χ0) is 32.8. The number of ether oxygens (including phenoxy) is 4. The number of amides is 1. The van der Waals surface area contributed by atoms with Gasteiger partial charge in [0.2, 0.25) is 10.0 Å². The molecular weight excluding hydrogens is 631 g/mol. The third-order valence-corrected chi connectivity index (χ3v) is 9.71. The van der Waals surface area contributed by atoms with Gasteiger partial charge in [0.05, 0.1) is 36.2 Å². The maximum Gasteiger partial charge on any atom is 0.407 e. The molecule has 0 spiro atoms. The monoisotopic (exact) mass is 670 g/mol. The molecule has 4 N–H and O–H groups in total. The van der Waals surface area contributed by atoms with Crippen LogP contribution in [0.25, 0.3) is 0 Å². The number of benzene rings is 2. The van der Waals surface area contributed by atoms with Gasteiger partial charge in [-0.3, -0.25) is 9.36 Å². The first-order chi connectivity index (χ1) is 21.2. The number of carbonyl (C=O) groups excluding carboxylic acids is 2. The second kappa shape index (κ2) is 15.1. The molecule has 2 heterocycles. The average molecular weight is 671 g/mol. The molecule has 2 aliphatic heterocycles. The van der Waals surface area contributed by atoms with Crippen LogP contribution >= 0.6 is 7.60 Å². The lowest BCUT2D eigenvalue weighted by Gasteiger charge is -2.31. The minimum Gasteiger partial charge on any atom is -0.481 e. The summed E-state index contributed by atoms with van der Waals surface area (Å²) in [4.78, 5) is 42.2. The summed E-state index contributed by atoms with van der Waals surface area (Å²) in [6.07, 6.45) is -2.67. The van der Waals surface area contributed by atoms with E-state index in [-0.39, 0.29) is 48.6 Å². The molecule has 2 aromatic rings. The molecule has 2 fully saturated rings. The first-order valence-electron chi connectivity index (χ1n) is 14.5. The van der Waals surface area contributed by atoms with Crippen LogP contribution in [-0.2, 0) is 35.2 Å². The van der Waals surface area contributed by atoms with Crippen molar-refractivity contribution in [2.45, 2.75) is 56.1 Å². The molecule has 0 aliphatic carbocycles. The van der Waals surface area contributed by atoms with Crippen LogP contribution < -0.4 is 10.1 Å². The lowest BCUT2D eigenvalue weighted by Crippen LogP contribution is -2.51. The molecular formula is C29H39N2O12PS. The number of aldehydes is 1. The quantitative estimate of drug-likeness (QED) is 0.159. The Morgan fingerprint density at radius 1 is 1.11 bits per heavy atom. The summed E-state index contributed by atoms with van der Waals surface area (Å²) in [6, 6.07) is 10.6. The number of hydrogen-bond donors (Lipinski definition) is 4. The Hall–Kier alpha value is -2.88. The SMILES string of the molecule is CC(C)CN(C[C@@H](O)[C@H](Cc1ccc(OCP(=O)(O)O)cc1)NC(=O)O[C@H]1CO[C@H]2OCC[C@H]21)S(=O)(=O)c1ccc(C=O)cc1. The molecule has 0 radical (unpaired) electrons. The highest BCUT2D eigenvalue weighted by Gasteiger charge is 2.44. The number of nitrogens with one attached hydrogen (secondary N) is 1. The highest BCUT2D eigenvalue weighted by molar-refractivity contribution is 7.89. The fourth-order valence-electron chi connectivity index (χ4n) is 5.17. The molecule has 0 bridgehead atoms. The van der Waals surface area contributed by atoms with E-state index in [2.05, 4.69) is 5.32 Å². The van der Waals surface area contributed by atoms with Crippen LogP contribution in [0.15, 0.2) is 53.4 Å². The number of hydrogen-bond acceptors (Lipinski definition) is 10. The maximum absolute atomic E-state index is 13.6. The minimum absolute atomic E-state index is 0.0506. The molecule has 0 unspecified atom stereocenters. The summed E-state index contributed by atoms with van der Waals surface area (Å²) in [6.45, 7) is 4.02. The van der Waals surface area contributed by atoms with Gasteiger partial charge in [0.25, 0.3) is 0 Å². The van der Waals surface area contributed by atoms with Gasteiger partial charge in [-0.1, -0.05) is 38.1 Å². The van der Waals surface area contributed by atoms with Crippen molar-refractivity contribution in [2.75, 3.05) is 32.7 Å². The predicted octanol–water partition coefficient (Wildman–Crippen LogP) is 2.12. The molecule has 5 atom stereocenters. The summed E-state index contributed by atoms with van der Waals surface area (Å²) in [5.41, 5.74) is 0.924. The van der Waals surface area contributed by atoms with Gasteiger partial charge in [-0.15, -0.1) is 0 Å². The standard InChI is InChI=1S/C29H39N2O12PS/c1-19(2)14-31(45(38,39)23-9-5-21(16-32)6-10-23)15-26(33)25(13-20-3-7-22(8-4-20)42-18-44(35,36)37)30-29(34)43-27-17-41-28-24(27)11-12-40-28/h3-10,16,19,24-28,33H,11-15,17-18H2,1-2H3,(H,30,34)(H2,35,36,37)/t24-,25-,26+,27-,28+/m0/s1. The van der Waals surface area contributed by atoms with Gasteiger partial charge in [0.15, 0.2) is 12.6 Å². The topological polar surface area (TPSA) is 198 Å². The summed E-state index contributed by atoms with van der Waals surface area (Å²) in [5.74, 6) is -0.0183. The lowest BCUT2D eigenvalue weighted by atomic mass is 10.0. The fourth-order valence-corrected chi connectivity index (χ4v) is 7.11. The van der Waals surface area contributed by atoms with E-state index in [1.807, 2.05) is 13.8 Å². The number of fused-ring (bicyclic) bond motifs is 1. The summed E-state index contributed by atoms with van der Waals surface area (Å²) >= 11 is 0. The van der Waals surface area contributed by atoms with E-state index in [1.54, 1.807) is 12.1 Å². The van der Waals surface area contributed by atoms with Crippen molar-refractivity contribution in [3.8, 4) is 5.75 Å². The molecule has 0 saturated carbocycles. The molecule has 14 nitrogen and oxygen atoms in total. The van der Waals surface area contributed by atoms with Gasteiger partial charge >= 0.3 is 13.7 Å². The first-order valence-corrected chi connectivity index (χ1v) is 17.7. The first kappa shape index (κ1) is 35.0. The van der Waals surface area contributed by atoms with Crippen LogP contribution in [0.5, 0.6) is 5.75 Å². The van der Waals surface area contributed by atoms with Crippen LogP contribution in [0.3, 0.4) is 0 Å². The predicted molar refractivity (Wildman–Crippen MR) is 160 cm³/mol. The molecule has 2 aromatic carbocycles. The second-order valence-corrected chi connectivity index (χ2v) is 15.0. The van der Waals surface area contributed by atoms with E-state index < -0.39 is 54.6 Å². The van der Waals surface area contributed by atoms with Gasteiger partial charge in [-0.05, 0) is 48.6 Å². The smallest absolute Gasteiger partial charge is 0.407 e. The number of aliphatic hydroxyl groups excluding tert-OH is 1. The fraction of sp³-hybridized carbons (Fsp3) is 0.517. The lowest BCUT2D eigenvalue weighted by molar-refractivity contribution is -0.0907. The number of alkyl carbamates (subject to hydrolysis) is 1. The van der Waals surface area contributed by atoms with Gasteiger partial charge in [0, 0.05) is 18.7 Å². The molecule has 2 saturated heterocycles. The Morgan fingerprint density at radius 3 is 2.42 bits per heavy atom. The normalized spacial score (nSPS) is 21.4. The summed E-state index contributed by atoms with van der Waals surface area (Å²) in [7, 11) is -8.48. The number of rotatable bonds is 15. The molecule has 45 heavy (non-hydrogen) atoms. The van der Waals surface area contributed by atoms with Crippen LogP contribution in [0.4, 0.5) is 4.79 Å². The Kier molecular flexibility index (Phi) is 11.8. The third kappa shape index (κ3) is 9.80. The molecule has 2 aliphatic rings. The molecule has 0 aromatic heterocycles. The van der Waals surface area contributed by atoms with E-state index in [0.29, 0.717) is 30.4 Å². The van der Waals surface area contributed by atoms with Crippen LogP contribution in [0.2, 0.25) is 0 Å². The van der Waals surface area contributed by atoms with Gasteiger partial charge < -0.3 is 39.2 Å². The van der Waals surface area contributed by atoms with Crippen molar-refractivity contribution in [2.24, 2.45) is 11.8 Å². The van der Waals surface area contributed by atoms with Gasteiger partial charge in [-0.25, -0.2) is 13.2 Å². The van der Waals surface area contributed by atoms with Crippen molar-refractivity contribution in [3.63, 3.8) is 0 Å². The molecule has 1 amide bonds. The van der Waals surface area contributed by atoms with E-state index in [4.69, 9.17) is 28.7 Å².